The Morgan fingerprint density at radius 2 is 2.08 bits per heavy atom. The van der Waals surface area contributed by atoms with Crippen molar-refractivity contribution < 1.29 is 0 Å². The highest BCUT2D eigenvalue weighted by molar-refractivity contribution is 5.43. The van der Waals surface area contributed by atoms with E-state index in [-0.39, 0.29) is 11.0 Å². The first kappa shape index (κ1) is 17.0. The van der Waals surface area contributed by atoms with E-state index < -0.39 is 0 Å². The van der Waals surface area contributed by atoms with Crippen molar-refractivity contribution in [3.05, 3.63) is 50.8 Å². The fourth-order valence-electron chi connectivity index (χ4n) is 3.50. The zero-order valence-corrected chi connectivity index (χ0v) is 16.1. The largest absolute Gasteiger partial charge is 0.294 e. The Balaban J connectivity index is 1.68. The van der Waals surface area contributed by atoms with Gasteiger partial charge in [0.15, 0.2) is 5.65 Å². The van der Waals surface area contributed by atoms with Crippen LogP contribution >= 0.6 is 0 Å². The standard InChI is InChI=1S/C19H26N6O/c1-12-13(9-20-23(12)5)10-24-7-6-15-14(11-24)18(26)25-17(21-15)8-16(22-25)19(2,3)4/h8-9,22H,6-7,10-11H2,1-5H3. The summed E-state index contributed by atoms with van der Waals surface area (Å²) in [5.41, 5.74) is 5.83. The summed E-state index contributed by atoms with van der Waals surface area (Å²) in [6, 6.07) is 1.99. The number of aryl methyl sites for hydroxylation is 1. The quantitative estimate of drug-likeness (QED) is 0.763. The van der Waals surface area contributed by atoms with Gasteiger partial charge in [0.1, 0.15) is 0 Å². The molecule has 138 valence electrons. The topological polar surface area (TPSA) is 71.2 Å². The summed E-state index contributed by atoms with van der Waals surface area (Å²) < 4.78 is 3.48. The molecule has 1 N–H and O–H groups in total. The van der Waals surface area contributed by atoms with E-state index in [1.807, 2.05) is 24.0 Å². The minimum atomic E-state index is -0.0511. The third-order valence-corrected chi connectivity index (χ3v) is 5.38. The molecule has 0 bridgehead atoms. The van der Waals surface area contributed by atoms with Crippen LogP contribution in [0.15, 0.2) is 17.1 Å². The molecule has 0 aliphatic carbocycles. The van der Waals surface area contributed by atoms with Gasteiger partial charge >= 0.3 is 0 Å². The number of fused-ring (bicyclic) bond motifs is 2. The van der Waals surface area contributed by atoms with Crippen molar-refractivity contribution in [1.29, 1.82) is 0 Å². The molecule has 0 aromatic carbocycles. The second kappa shape index (κ2) is 5.81. The molecular formula is C19H26N6O. The van der Waals surface area contributed by atoms with Gasteiger partial charge in [0, 0.05) is 61.5 Å². The van der Waals surface area contributed by atoms with E-state index >= 15 is 0 Å². The molecule has 4 heterocycles. The molecule has 1 aliphatic heterocycles. The molecule has 0 saturated carbocycles. The first-order valence-electron chi connectivity index (χ1n) is 9.08. The van der Waals surface area contributed by atoms with Crippen LogP contribution in [0.4, 0.5) is 0 Å². The zero-order valence-electron chi connectivity index (χ0n) is 16.1. The van der Waals surface area contributed by atoms with Crippen molar-refractivity contribution in [2.24, 2.45) is 7.05 Å². The Morgan fingerprint density at radius 1 is 1.31 bits per heavy atom. The van der Waals surface area contributed by atoms with Crippen molar-refractivity contribution in [2.45, 2.75) is 52.6 Å². The van der Waals surface area contributed by atoms with E-state index in [1.165, 1.54) is 11.3 Å². The SMILES string of the molecule is Cc1c(CN2CCc3nc4cc(C(C)(C)C)[nH]n4c(=O)c3C2)cnn1C. The molecule has 0 spiro atoms. The number of hydrogen-bond acceptors (Lipinski definition) is 4. The molecule has 1 aliphatic rings. The van der Waals surface area contributed by atoms with Crippen LogP contribution in [0.25, 0.3) is 5.65 Å². The van der Waals surface area contributed by atoms with Crippen molar-refractivity contribution in [1.82, 2.24) is 29.3 Å². The van der Waals surface area contributed by atoms with Crippen LogP contribution in [-0.2, 0) is 32.0 Å². The van der Waals surface area contributed by atoms with Crippen LogP contribution in [0, 0.1) is 6.92 Å². The summed E-state index contributed by atoms with van der Waals surface area (Å²) in [6.07, 6.45) is 2.72. The molecule has 7 heteroatoms. The number of aromatic amines is 1. The van der Waals surface area contributed by atoms with Gasteiger partial charge in [-0.1, -0.05) is 20.8 Å². The van der Waals surface area contributed by atoms with E-state index in [1.54, 1.807) is 4.52 Å². The van der Waals surface area contributed by atoms with Gasteiger partial charge in [-0.15, -0.1) is 0 Å². The molecule has 0 atom stereocenters. The van der Waals surface area contributed by atoms with Gasteiger partial charge in [0.2, 0.25) is 0 Å². The highest BCUT2D eigenvalue weighted by Gasteiger charge is 2.25. The Labute approximate surface area is 152 Å². The van der Waals surface area contributed by atoms with Crippen LogP contribution in [0.1, 0.15) is 49.0 Å². The maximum atomic E-state index is 13.0. The lowest BCUT2D eigenvalue weighted by molar-refractivity contribution is 0.241. The van der Waals surface area contributed by atoms with E-state index in [2.05, 4.69) is 42.8 Å². The van der Waals surface area contributed by atoms with E-state index in [0.717, 1.165) is 42.1 Å². The molecule has 4 rings (SSSR count). The molecule has 0 amide bonds. The van der Waals surface area contributed by atoms with E-state index in [4.69, 9.17) is 4.98 Å². The zero-order chi connectivity index (χ0) is 18.6. The summed E-state index contributed by atoms with van der Waals surface area (Å²) in [4.78, 5) is 20.1. The molecule has 3 aromatic heterocycles. The average Bonchev–Trinajstić information content (AvgIpc) is 3.14. The van der Waals surface area contributed by atoms with Gasteiger partial charge in [-0.3, -0.25) is 19.5 Å². The number of hydrogen-bond donors (Lipinski definition) is 1. The molecule has 3 aromatic rings. The Hall–Kier alpha value is -2.41. The molecule has 0 radical (unpaired) electrons. The van der Waals surface area contributed by atoms with Gasteiger partial charge in [-0.25, -0.2) is 9.50 Å². The lowest BCUT2D eigenvalue weighted by Gasteiger charge is -2.27. The average molecular weight is 354 g/mol. The monoisotopic (exact) mass is 354 g/mol. The Kier molecular flexibility index (Phi) is 3.80. The number of nitrogens with one attached hydrogen (secondary N) is 1. The fraction of sp³-hybridized carbons (Fsp3) is 0.526. The molecule has 0 saturated heterocycles. The summed E-state index contributed by atoms with van der Waals surface area (Å²) in [7, 11) is 1.95. The van der Waals surface area contributed by atoms with Gasteiger partial charge < -0.3 is 0 Å². The van der Waals surface area contributed by atoms with E-state index in [9.17, 15) is 4.79 Å². The highest BCUT2D eigenvalue weighted by Crippen LogP contribution is 2.23. The minimum Gasteiger partial charge on any atom is -0.294 e. The van der Waals surface area contributed by atoms with Crippen LogP contribution in [0.3, 0.4) is 0 Å². The summed E-state index contributed by atoms with van der Waals surface area (Å²) in [5, 5.41) is 7.56. The van der Waals surface area contributed by atoms with E-state index in [0.29, 0.717) is 6.54 Å². The van der Waals surface area contributed by atoms with Crippen molar-refractivity contribution in [3.63, 3.8) is 0 Å². The van der Waals surface area contributed by atoms with Crippen molar-refractivity contribution >= 4 is 5.65 Å². The van der Waals surface area contributed by atoms with Crippen LogP contribution in [0.5, 0.6) is 0 Å². The Morgan fingerprint density at radius 3 is 2.73 bits per heavy atom. The predicted molar refractivity (Wildman–Crippen MR) is 100 cm³/mol. The van der Waals surface area contributed by atoms with Gasteiger partial charge in [0.25, 0.3) is 5.56 Å². The number of nitrogens with zero attached hydrogens (tertiary/aromatic N) is 5. The predicted octanol–water partition coefficient (Wildman–Crippen LogP) is 1.92. The second-order valence-corrected chi connectivity index (χ2v) is 8.30. The number of H-pyrrole nitrogens is 1. The van der Waals surface area contributed by atoms with Crippen LogP contribution in [0.2, 0.25) is 0 Å². The lowest BCUT2D eigenvalue weighted by atomic mass is 9.93. The smallest absolute Gasteiger partial charge is 0.277 e. The summed E-state index contributed by atoms with van der Waals surface area (Å²) in [5.74, 6) is 0. The number of aromatic nitrogens is 5. The first-order chi connectivity index (χ1) is 12.2. The number of rotatable bonds is 2. The van der Waals surface area contributed by atoms with Crippen molar-refractivity contribution in [3.8, 4) is 0 Å². The van der Waals surface area contributed by atoms with Gasteiger partial charge in [0.05, 0.1) is 17.5 Å². The fourth-order valence-corrected chi connectivity index (χ4v) is 3.50. The van der Waals surface area contributed by atoms with Crippen LogP contribution in [-0.4, -0.2) is 35.8 Å². The highest BCUT2D eigenvalue weighted by atomic mass is 16.1. The molecule has 26 heavy (non-hydrogen) atoms. The molecular weight excluding hydrogens is 328 g/mol. The molecule has 0 fully saturated rings. The maximum absolute atomic E-state index is 13.0. The third-order valence-electron chi connectivity index (χ3n) is 5.38. The summed E-state index contributed by atoms with van der Waals surface area (Å²) >= 11 is 0. The van der Waals surface area contributed by atoms with Gasteiger partial charge in [-0.2, -0.15) is 5.10 Å². The first-order valence-corrected chi connectivity index (χ1v) is 9.08. The molecule has 7 nitrogen and oxygen atoms in total. The molecule has 0 unspecified atom stereocenters. The maximum Gasteiger partial charge on any atom is 0.277 e. The van der Waals surface area contributed by atoms with Gasteiger partial charge in [-0.05, 0) is 6.92 Å². The second-order valence-electron chi connectivity index (χ2n) is 8.30. The summed E-state index contributed by atoms with van der Waals surface area (Å²) in [6.45, 7) is 10.8. The Bertz CT molecular complexity index is 1030. The minimum absolute atomic E-state index is 0.0214. The third kappa shape index (κ3) is 2.76. The van der Waals surface area contributed by atoms with Crippen LogP contribution < -0.4 is 5.56 Å². The lowest BCUT2D eigenvalue weighted by Crippen LogP contribution is -2.36. The van der Waals surface area contributed by atoms with Crippen molar-refractivity contribution in [2.75, 3.05) is 6.54 Å². The normalized spacial score (nSPS) is 15.6.